The third kappa shape index (κ3) is 4.95. The van der Waals surface area contributed by atoms with Crippen molar-refractivity contribution in [1.29, 1.82) is 0 Å². The quantitative estimate of drug-likeness (QED) is 0.833. The van der Waals surface area contributed by atoms with Gasteiger partial charge in [-0.1, -0.05) is 6.08 Å². The Hall–Kier alpha value is -2.09. The maximum atomic E-state index is 12.5. The first kappa shape index (κ1) is 17.3. The summed E-state index contributed by atoms with van der Waals surface area (Å²) in [7, 11) is 0. The first-order valence-corrected chi connectivity index (χ1v) is 7.28. The molecule has 0 bridgehead atoms. The number of pyridine rings is 1. The molecule has 1 aromatic rings. The highest BCUT2D eigenvalue weighted by molar-refractivity contribution is 5.78. The molecule has 23 heavy (non-hydrogen) atoms. The van der Waals surface area contributed by atoms with Crippen LogP contribution in [0.3, 0.4) is 0 Å². The number of rotatable bonds is 5. The molecule has 0 aliphatic carbocycles. The fraction of sp³-hybridized carbons (Fsp3) is 0.467. The number of alkyl halides is 3. The maximum absolute atomic E-state index is 12.5. The molecular formula is C15H19F3N4O. The van der Waals surface area contributed by atoms with Gasteiger partial charge in [0.1, 0.15) is 5.82 Å². The number of amides is 1. The van der Waals surface area contributed by atoms with E-state index in [-0.39, 0.29) is 5.91 Å². The van der Waals surface area contributed by atoms with Crippen LogP contribution in [0.4, 0.5) is 19.0 Å². The van der Waals surface area contributed by atoms with Gasteiger partial charge in [-0.25, -0.2) is 4.98 Å². The molecule has 0 aromatic carbocycles. The number of aromatic nitrogens is 1. The summed E-state index contributed by atoms with van der Waals surface area (Å²) < 4.78 is 37.6. The number of anilines is 1. The average Bonchev–Trinajstić information content (AvgIpc) is 2.53. The molecule has 126 valence electrons. The van der Waals surface area contributed by atoms with Crippen molar-refractivity contribution in [3.05, 3.63) is 36.5 Å². The van der Waals surface area contributed by atoms with Crippen molar-refractivity contribution in [3.63, 3.8) is 0 Å². The second kappa shape index (κ2) is 7.45. The Bertz CT molecular complexity index is 537. The van der Waals surface area contributed by atoms with Crippen molar-refractivity contribution in [2.24, 2.45) is 0 Å². The maximum Gasteiger partial charge on any atom is 0.417 e. The number of carbonyl (C=O) groups is 1. The van der Waals surface area contributed by atoms with E-state index in [2.05, 4.69) is 16.9 Å². The molecule has 1 saturated heterocycles. The number of carbonyl (C=O) groups excluding carboxylic acids is 1. The summed E-state index contributed by atoms with van der Waals surface area (Å²) in [5, 5.41) is 2.71. The summed E-state index contributed by atoms with van der Waals surface area (Å²) in [6, 6.07) is 2.42. The van der Waals surface area contributed by atoms with Crippen LogP contribution >= 0.6 is 0 Å². The largest absolute Gasteiger partial charge is 0.417 e. The molecule has 0 radical (unpaired) electrons. The van der Waals surface area contributed by atoms with E-state index in [1.165, 1.54) is 6.07 Å². The van der Waals surface area contributed by atoms with E-state index in [0.717, 1.165) is 12.3 Å². The molecule has 1 aromatic heterocycles. The van der Waals surface area contributed by atoms with Crippen LogP contribution in [0.25, 0.3) is 0 Å². The van der Waals surface area contributed by atoms with Gasteiger partial charge in [0.15, 0.2) is 0 Å². The lowest BCUT2D eigenvalue weighted by Crippen LogP contribution is -2.49. The fourth-order valence-electron chi connectivity index (χ4n) is 2.32. The van der Waals surface area contributed by atoms with E-state index >= 15 is 0 Å². The minimum atomic E-state index is -4.37. The van der Waals surface area contributed by atoms with Crippen LogP contribution in [0.15, 0.2) is 31.0 Å². The van der Waals surface area contributed by atoms with Crippen LogP contribution in [0, 0.1) is 0 Å². The SMILES string of the molecule is C=CCNC(=O)CN1CCN(c2ccc(C(F)(F)F)cn2)CC1. The van der Waals surface area contributed by atoms with Gasteiger partial charge in [0.25, 0.3) is 0 Å². The summed E-state index contributed by atoms with van der Waals surface area (Å²) in [4.78, 5) is 19.4. The third-order valence-corrected chi connectivity index (χ3v) is 3.58. The van der Waals surface area contributed by atoms with Crippen molar-refractivity contribution in [2.45, 2.75) is 6.18 Å². The normalized spacial score (nSPS) is 16.2. The predicted octanol–water partition coefficient (Wildman–Crippen LogP) is 1.52. The van der Waals surface area contributed by atoms with Gasteiger partial charge in [-0.3, -0.25) is 9.69 Å². The number of halogens is 3. The minimum absolute atomic E-state index is 0.0639. The second-order valence-electron chi connectivity index (χ2n) is 5.26. The predicted molar refractivity (Wildman–Crippen MR) is 81.1 cm³/mol. The van der Waals surface area contributed by atoms with Crippen LogP contribution in [-0.4, -0.2) is 55.1 Å². The van der Waals surface area contributed by atoms with Crippen molar-refractivity contribution in [1.82, 2.24) is 15.2 Å². The molecular weight excluding hydrogens is 309 g/mol. The zero-order valence-electron chi connectivity index (χ0n) is 12.6. The highest BCUT2D eigenvalue weighted by Crippen LogP contribution is 2.29. The first-order chi connectivity index (χ1) is 10.9. The molecule has 1 aliphatic rings. The smallest absolute Gasteiger partial charge is 0.354 e. The zero-order chi connectivity index (χ0) is 16.9. The van der Waals surface area contributed by atoms with Crippen LogP contribution in [0.5, 0.6) is 0 Å². The van der Waals surface area contributed by atoms with Crippen LogP contribution in [0.1, 0.15) is 5.56 Å². The molecule has 2 heterocycles. The van der Waals surface area contributed by atoms with Gasteiger partial charge in [0.05, 0.1) is 12.1 Å². The van der Waals surface area contributed by atoms with Crippen molar-refractivity contribution < 1.29 is 18.0 Å². The molecule has 0 atom stereocenters. The minimum Gasteiger partial charge on any atom is -0.354 e. The van der Waals surface area contributed by atoms with Crippen molar-refractivity contribution in [2.75, 3.05) is 44.2 Å². The molecule has 1 N–H and O–H groups in total. The van der Waals surface area contributed by atoms with Crippen molar-refractivity contribution in [3.8, 4) is 0 Å². The summed E-state index contributed by atoms with van der Waals surface area (Å²) in [6.07, 6.45) is -1.90. The summed E-state index contributed by atoms with van der Waals surface area (Å²) in [5.74, 6) is 0.458. The van der Waals surface area contributed by atoms with Gasteiger partial charge in [0.2, 0.25) is 5.91 Å². The van der Waals surface area contributed by atoms with Crippen LogP contribution in [-0.2, 0) is 11.0 Å². The van der Waals surface area contributed by atoms with E-state index in [1.54, 1.807) is 6.08 Å². The van der Waals surface area contributed by atoms with Gasteiger partial charge >= 0.3 is 6.18 Å². The highest BCUT2D eigenvalue weighted by atomic mass is 19.4. The Morgan fingerprint density at radius 2 is 2.00 bits per heavy atom. The molecule has 8 heteroatoms. The average molecular weight is 328 g/mol. The number of hydrogen-bond acceptors (Lipinski definition) is 4. The fourth-order valence-corrected chi connectivity index (χ4v) is 2.32. The third-order valence-electron chi connectivity index (χ3n) is 3.58. The van der Waals surface area contributed by atoms with Crippen LogP contribution in [0.2, 0.25) is 0 Å². The molecule has 0 spiro atoms. The standard InChI is InChI=1S/C15H19F3N4O/c1-2-5-19-14(23)11-21-6-8-22(9-7-21)13-4-3-12(10-20-13)15(16,17)18/h2-4,10H,1,5-9,11H2,(H,19,23). The molecule has 1 amide bonds. The van der Waals surface area contributed by atoms with E-state index in [4.69, 9.17) is 0 Å². The lowest BCUT2D eigenvalue weighted by Gasteiger charge is -2.35. The summed E-state index contributed by atoms with van der Waals surface area (Å²) in [6.45, 7) is 6.83. The summed E-state index contributed by atoms with van der Waals surface area (Å²) >= 11 is 0. The molecule has 1 aliphatic heterocycles. The molecule has 5 nitrogen and oxygen atoms in total. The second-order valence-corrected chi connectivity index (χ2v) is 5.26. The Labute approximate surface area is 132 Å². The van der Waals surface area contributed by atoms with E-state index in [1.807, 2.05) is 9.80 Å². The van der Waals surface area contributed by atoms with Crippen LogP contribution < -0.4 is 10.2 Å². The Morgan fingerprint density at radius 3 is 2.52 bits per heavy atom. The number of nitrogens with one attached hydrogen (secondary N) is 1. The van der Waals surface area contributed by atoms with Gasteiger partial charge < -0.3 is 10.2 Å². The van der Waals surface area contributed by atoms with E-state index < -0.39 is 11.7 Å². The Morgan fingerprint density at radius 1 is 1.30 bits per heavy atom. The lowest BCUT2D eigenvalue weighted by atomic mass is 10.2. The monoisotopic (exact) mass is 328 g/mol. The first-order valence-electron chi connectivity index (χ1n) is 7.28. The molecule has 0 saturated carbocycles. The highest BCUT2D eigenvalue weighted by Gasteiger charge is 2.31. The number of nitrogens with zero attached hydrogens (tertiary/aromatic N) is 3. The van der Waals surface area contributed by atoms with Gasteiger partial charge in [0, 0.05) is 38.9 Å². The number of piperazine rings is 1. The van der Waals surface area contributed by atoms with Gasteiger partial charge in [-0.15, -0.1) is 6.58 Å². The number of hydrogen-bond donors (Lipinski definition) is 1. The van der Waals surface area contributed by atoms with E-state index in [0.29, 0.717) is 45.1 Å². The van der Waals surface area contributed by atoms with E-state index in [9.17, 15) is 18.0 Å². The Kier molecular flexibility index (Phi) is 5.59. The topological polar surface area (TPSA) is 48.5 Å². The van der Waals surface area contributed by atoms with Crippen molar-refractivity contribution >= 4 is 11.7 Å². The molecule has 2 rings (SSSR count). The van der Waals surface area contributed by atoms with Gasteiger partial charge in [-0.2, -0.15) is 13.2 Å². The zero-order valence-corrected chi connectivity index (χ0v) is 12.6. The van der Waals surface area contributed by atoms with Gasteiger partial charge in [-0.05, 0) is 12.1 Å². The Balaban J connectivity index is 1.84. The summed E-state index contributed by atoms with van der Waals surface area (Å²) in [5.41, 5.74) is -0.751. The molecule has 0 unspecified atom stereocenters. The molecule has 1 fully saturated rings. The lowest BCUT2D eigenvalue weighted by molar-refractivity contribution is -0.137.